The number of nitrogens with two attached hydrogens (primary N) is 1. The lowest BCUT2D eigenvalue weighted by Gasteiger charge is -2.34. The monoisotopic (exact) mass is 426 g/mol. The number of anilines is 2. The number of amides is 1. The van der Waals surface area contributed by atoms with Crippen molar-refractivity contribution in [1.82, 2.24) is 9.80 Å². The molecule has 3 aromatic rings. The number of hydrogen-bond acceptors (Lipinski definition) is 4. The van der Waals surface area contributed by atoms with Crippen molar-refractivity contribution in [3.05, 3.63) is 102 Å². The van der Waals surface area contributed by atoms with Crippen LogP contribution < -0.4 is 11.1 Å². The predicted octanol–water partition coefficient (Wildman–Crippen LogP) is 4.35. The number of piperazine rings is 1. The molecule has 3 N–H and O–H groups in total. The van der Waals surface area contributed by atoms with Gasteiger partial charge in [-0.3, -0.25) is 14.6 Å². The quantitative estimate of drug-likeness (QED) is 0.552. The third-order valence-corrected chi connectivity index (χ3v) is 5.77. The summed E-state index contributed by atoms with van der Waals surface area (Å²) in [6.45, 7) is 6.32. The average molecular weight is 427 g/mol. The van der Waals surface area contributed by atoms with Gasteiger partial charge in [0.05, 0.1) is 11.4 Å². The zero-order valence-corrected chi connectivity index (χ0v) is 18.3. The molecule has 0 aliphatic carbocycles. The lowest BCUT2D eigenvalue weighted by molar-refractivity contribution is 0.102. The second-order valence-electron chi connectivity index (χ2n) is 8.13. The van der Waals surface area contributed by atoms with E-state index in [4.69, 9.17) is 5.73 Å². The van der Waals surface area contributed by atoms with Gasteiger partial charge in [-0.1, -0.05) is 66.7 Å². The van der Waals surface area contributed by atoms with Crippen LogP contribution in [0.3, 0.4) is 0 Å². The second kappa shape index (κ2) is 10.8. The smallest absolute Gasteiger partial charge is 0.255 e. The van der Waals surface area contributed by atoms with Gasteiger partial charge in [0.25, 0.3) is 5.91 Å². The molecule has 1 saturated heterocycles. The summed E-state index contributed by atoms with van der Waals surface area (Å²) in [6, 6.07) is 25.6. The summed E-state index contributed by atoms with van der Waals surface area (Å²) < 4.78 is 0. The molecule has 5 nitrogen and oxygen atoms in total. The summed E-state index contributed by atoms with van der Waals surface area (Å²) in [6.07, 6.45) is 4.32. The fourth-order valence-corrected chi connectivity index (χ4v) is 3.86. The molecule has 0 unspecified atom stereocenters. The highest BCUT2D eigenvalue weighted by atomic mass is 16.1. The van der Waals surface area contributed by atoms with Gasteiger partial charge in [0, 0.05) is 44.8 Å². The van der Waals surface area contributed by atoms with Crippen LogP contribution in [0.5, 0.6) is 0 Å². The number of carbonyl (C=O) groups is 1. The molecule has 3 aromatic carbocycles. The number of benzene rings is 3. The molecular weight excluding hydrogens is 396 g/mol. The summed E-state index contributed by atoms with van der Waals surface area (Å²) in [5.74, 6) is -0.160. The topological polar surface area (TPSA) is 61.6 Å². The maximum atomic E-state index is 12.4. The minimum absolute atomic E-state index is 0.160. The molecule has 32 heavy (non-hydrogen) atoms. The number of rotatable bonds is 7. The summed E-state index contributed by atoms with van der Waals surface area (Å²) in [5, 5.41) is 2.86. The summed E-state index contributed by atoms with van der Waals surface area (Å²) >= 11 is 0. The summed E-state index contributed by atoms with van der Waals surface area (Å²) in [7, 11) is 0. The first-order chi connectivity index (χ1) is 15.7. The van der Waals surface area contributed by atoms with Gasteiger partial charge in [-0.2, -0.15) is 0 Å². The van der Waals surface area contributed by atoms with Crippen LogP contribution in [0, 0.1) is 0 Å². The van der Waals surface area contributed by atoms with E-state index in [0.717, 1.165) is 44.8 Å². The third kappa shape index (κ3) is 6.06. The van der Waals surface area contributed by atoms with E-state index in [9.17, 15) is 4.79 Å². The van der Waals surface area contributed by atoms with Crippen LogP contribution in [0.2, 0.25) is 0 Å². The lowest BCUT2D eigenvalue weighted by atomic mass is 10.1. The Balaban J connectivity index is 1.22. The van der Waals surface area contributed by atoms with Crippen molar-refractivity contribution in [1.29, 1.82) is 0 Å². The van der Waals surface area contributed by atoms with Crippen LogP contribution in [0.4, 0.5) is 11.4 Å². The molecule has 0 spiro atoms. The number of para-hydroxylation sites is 2. The van der Waals surface area contributed by atoms with Gasteiger partial charge in [0.2, 0.25) is 0 Å². The van der Waals surface area contributed by atoms with Gasteiger partial charge in [0.1, 0.15) is 0 Å². The molecule has 0 saturated carbocycles. The highest BCUT2D eigenvalue weighted by molar-refractivity contribution is 6.05. The highest BCUT2D eigenvalue weighted by Gasteiger charge is 2.15. The maximum absolute atomic E-state index is 12.4. The van der Waals surface area contributed by atoms with Gasteiger partial charge in [0.15, 0.2) is 0 Å². The molecule has 5 heteroatoms. The highest BCUT2D eigenvalue weighted by Crippen LogP contribution is 2.18. The van der Waals surface area contributed by atoms with Crippen molar-refractivity contribution in [2.45, 2.75) is 6.54 Å². The molecule has 4 rings (SSSR count). The van der Waals surface area contributed by atoms with E-state index >= 15 is 0 Å². The van der Waals surface area contributed by atoms with Gasteiger partial charge >= 0.3 is 0 Å². The van der Waals surface area contributed by atoms with Gasteiger partial charge in [-0.05, 0) is 35.4 Å². The Morgan fingerprint density at radius 1 is 0.844 bits per heavy atom. The van der Waals surface area contributed by atoms with Crippen molar-refractivity contribution in [3.8, 4) is 0 Å². The minimum Gasteiger partial charge on any atom is -0.397 e. The number of carbonyl (C=O) groups excluding carboxylic acids is 1. The molecular formula is C27H30N4O. The average Bonchev–Trinajstić information content (AvgIpc) is 2.83. The molecule has 0 radical (unpaired) electrons. The van der Waals surface area contributed by atoms with Crippen LogP contribution in [0.25, 0.3) is 6.08 Å². The Kier molecular flexibility index (Phi) is 7.33. The molecule has 1 amide bonds. The van der Waals surface area contributed by atoms with Gasteiger partial charge in [-0.15, -0.1) is 0 Å². The standard InChI is InChI=1S/C27H30N4O/c28-25-10-4-5-11-26(25)29-27(32)24-14-12-22(13-15-24)9-6-16-30-17-19-31(20-18-30)21-23-7-2-1-3-8-23/h1-15H,16-21,28H2,(H,29,32)/b9-6+. The van der Waals surface area contributed by atoms with Crippen LogP contribution in [-0.4, -0.2) is 48.4 Å². The van der Waals surface area contributed by atoms with E-state index in [1.54, 1.807) is 12.1 Å². The van der Waals surface area contributed by atoms with Crippen molar-refractivity contribution < 1.29 is 4.79 Å². The first kappa shape index (κ1) is 21.8. The Morgan fingerprint density at radius 2 is 1.50 bits per heavy atom. The number of nitrogen functional groups attached to an aromatic ring is 1. The molecule has 1 aliphatic heterocycles. The molecule has 1 aliphatic rings. The maximum Gasteiger partial charge on any atom is 0.255 e. The van der Waals surface area contributed by atoms with Gasteiger partial charge in [-0.25, -0.2) is 0 Å². The Bertz CT molecular complexity index is 1040. The van der Waals surface area contributed by atoms with E-state index in [0.29, 0.717) is 16.9 Å². The third-order valence-electron chi connectivity index (χ3n) is 5.77. The molecule has 164 valence electrons. The van der Waals surface area contributed by atoms with E-state index in [1.165, 1.54) is 5.56 Å². The predicted molar refractivity (Wildman–Crippen MR) is 132 cm³/mol. The Hall–Kier alpha value is -3.41. The van der Waals surface area contributed by atoms with Crippen molar-refractivity contribution in [2.24, 2.45) is 0 Å². The number of nitrogens with zero attached hydrogens (tertiary/aromatic N) is 2. The number of hydrogen-bond donors (Lipinski definition) is 2. The van der Waals surface area contributed by atoms with Crippen molar-refractivity contribution >= 4 is 23.4 Å². The molecule has 1 heterocycles. The van der Waals surface area contributed by atoms with E-state index in [2.05, 4.69) is 57.6 Å². The van der Waals surface area contributed by atoms with Crippen LogP contribution in [0.15, 0.2) is 84.9 Å². The zero-order chi connectivity index (χ0) is 22.2. The molecule has 0 atom stereocenters. The fraction of sp³-hybridized carbons (Fsp3) is 0.222. The molecule has 0 bridgehead atoms. The first-order valence-corrected chi connectivity index (χ1v) is 11.1. The van der Waals surface area contributed by atoms with E-state index < -0.39 is 0 Å². The fourth-order valence-electron chi connectivity index (χ4n) is 3.86. The first-order valence-electron chi connectivity index (χ1n) is 11.1. The minimum atomic E-state index is -0.160. The van der Waals surface area contributed by atoms with Crippen molar-refractivity contribution in [2.75, 3.05) is 43.8 Å². The van der Waals surface area contributed by atoms with Crippen LogP contribution in [-0.2, 0) is 6.54 Å². The normalized spacial score (nSPS) is 15.1. The SMILES string of the molecule is Nc1ccccc1NC(=O)c1ccc(/C=C/CN2CCN(Cc3ccccc3)CC2)cc1. The number of nitrogens with one attached hydrogen (secondary N) is 1. The molecule has 1 fully saturated rings. The van der Waals surface area contributed by atoms with Crippen LogP contribution in [0.1, 0.15) is 21.5 Å². The molecule has 0 aromatic heterocycles. The Labute approximate surface area is 190 Å². The van der Waals surface area contributed by atoms with Crippen molar-refractivity contribution in [3.63, 3.8) is 0 Å². The van der Waals surface area contributed by atoms with Gasteiger partial charge < -0.3 is 11.1 Å². The largest absolute Gasteiger partial charge is 0.397 e. The van der Waals surface area contributed by atoms with E-state index in [1.807, 2.05) is 36.4 Å². The zero-order valence-electron chi connectivity index (χ0n) is 18.3. The summed E-state index contributed by atoms with van der Waals surface area (Å²) in [4.78, 5) is 17.4. The Morgan fingerprint density at radius 3 is 2.22 bits per heavy atom. The van der Waals surface area contributed by atoms with E-state index in [-0.39, 0.29) is 5.91 Å². The second-order valence-corrected chi connectivity index (χ2v) is 8.13. The summed E-state index contributed by atoms with van der Waals surface area (Å²) in [5.41, 5.74) is 10.2. The van der Waals surface area contributed by atoms with Crippen LogP contribution >= 0.6 is 0 Å². The lowest BCUT2D eigenvalue weighted by Crippen LogP contribution is -2.45.